The van der Waals surface area contributed by atoms with Gasteiger partial charge >= 0.3 is 0 Å². The summed E-state index contributed by atoms with van der Waals surface area (Å²) in [5.41, 5.74) is 0.817. The minimum atomic E-state index is -0.377. The molecule has 0 fully saturated rings. The smallest absolute Gasteiger partial charge is 0.282 e. The zero-order chi connectivity index (χ0) is 18.3. The van der Waals surface area contributed by atoms with Gasteiger partial charge in [-0.15, -0.1) is 5.10 Å². The Kier molecular flexibility index (Phi) is 3.86. The Morgan fingerprint density at radius 1 is 1.19 bits per heavy atom. The van der Waals surface area contributed by atoms with Gasteiger partial charge in [0.1, 0.15) is 11.6 Å². The number of nitriles is 1. The predicted octanol–water partition coefficient (Wildman–Crippen LogP) is 2.31. The normalized spacial score (nSPS) is 11.1. The lowest BCUT2D eigenvalue weighted by Gasteiger charge is -2.09. The van der Waals surface area contributed by atoms with Crippen molar-refractivity contribution in [2.24, 2.45) is 0 Å². The molecule has 4 aromatic rings. The molecule has 0 amide bonds. The topological polar surface area (TPSA) is 96.0 Å². The zero-order valence-corrected chi connectivity index (χ0v) is 14.6. The molecule has 0 aliphatic heterocycles. The third kappa shape index (κ3) is 2.33. The third-order valence-electron chi connectivity index (χ3n) is 4.00. The van der Waals surface area contributed by atoms with Crippen LogP contribution >= 0.6 is 11.8 Å². The van der Waals surface area contributed by atoms with Crippen LogP contribution in [0.25, 0.3) is 22.2 Å². The summed E-state index contributed by atoms with van der Waals surface area (Å²) < 4.78 is 3.02. The van der Waals surface area contributed by atoms with Crippen LogP contribution < -0.4 is 11.1 Å². The molecule has 0 atom stereocenters. The first kappa shape index (κ1) is 16.2. The van der Waals surface area contributed by atoms with E-state index in [0.29, 0.717) is 10.8 Å². The average molecular weight is 363 g/mol. The lowest BCUT2D eigenvalue weighted by atomic mass is 10.2. The summed E-state index contributed by atoms with van der Waals surface area (Å²) in [6.07, 6.45) is 0. The monoisotopic (exact) mass is 363 g/mol. The van der Waals surface area contributed by atoms with Crippen LogP contribution in [0, 0.1) is 11.3 Å². The lowest BCUT2D eigenvalue weighted by molar-refractivity contribution is 0.841. The molecule has 0 aliphatic carbocycles. The number of hydrogen-bond acceptors (Lipinski definition) is 5. The van der Waals surface area contributed by atoms with Gasteiger partial charge in [0.05, 0.1) is 10.9 Å². The van der Waals surface area contributed by atoms with Crippen molar-refractivity contribution in [3.8, 4) is 11.8 Å². The predicted molar refractivity (Wildman–Crippen MR) is 100 cm³/mol. The summed E-state index contributed by atoms with van der Waals surface area (Å²) in [7, 11) is 0. The fourth-order valence-corrected chi connectivity index (χ4v) is 3.65. The quantitative estimate of drug-likeness (QED) is 0.564. The third-order valence-corrected chi connectivity index (χ3v) is 4.82. The van der Waals surface area contributed by atoms with Crippen LogP contribution in [0.15, 0.2) is 57.2 Å². The van der Waals surface area contributed by atoms with Crippen LogP contribution in [-0.2, 0) is 0 Å². The van der Waals surface area contributed by atoms with Crippen molar-refractivity contribution in [3.63, 3.8) is 0 Å². The first-order valence-corrected chi connectivity index (χ1v) is 8.93. The van der Waals surface area contributed by atoms with Crippen molar-refractivity contribution >= 4 is 28.3 Å². The van der Waals surface area contributed by atoms with Crippen molar-refractivity contribution in [2.75, 3.05) is 5.75 Å². The van der Waals surface area contributed by atoms with Gasteiger partial charge in [-0.25, -0.2) is 0 Å². The van der Waals surface area contributed by atoms with E-state index in [9.17, 15) is 14.9 Å². The molecule has 0 bridgehead atoms. The van der Waals surface area contributed by atoms with E-state index in [-0.39, 0.29) is 27.6 Å². The summed E-state index contributed by atoms with van der Waals surface area (Å²) in [5, 5.41) is 15.1. The number of fused-ring (bicyclic) bond motifs is 2. The largest absolute Gasteiger partial charge is 0.321 e. The van der Waals surface area contributed by atoms with Gasteiger partial charge in [0, 0.05) is 11.8 Å². The number of aromatic nitrogens is 4. The van der Waals surface area contributed by atoms with E-state index in [0.717, 1.165) is 11.4 Å². The molecule has 1 N–H and O–H groups in total. The first-order valence-electron chi connectivity index (χ1n) is 7.94. The van der Waals surface area contributed by atoms with Gasteiger partial charge in [-0.3, -0.25) is 14.2 Å². The Hall–Kier alpha value is -3.31. The van der Waals surface area contributed by atoms with E-state index < -0.39 is 0 Å². The molecule has 128 valence electrons. The molecule has 1 aromatic carbocycles. The maximum atomic E-state index is 12.9. The number of pyridine rings is 2. The van der Waals surface area contributed by atoms with Crippen molar-refractivity contribution in [1.29, 1.82) is 5.26 Å². The number of rotatable bonds is 3. The maximum Gasteiger partial charge on any atom is 0.282 e. The Morgan fingerprint density at radius 2 is 1.96 bits per heavy atom. The number of nitrogens with one attached hydrogen (secondary N) is 1. The highest BCUT2D eigenvalue weighted by Gasteiger charge is 2.21. The molecule has 0 unspecified atom stereocenters. The molecule has 4 rings (SSSR count). The Bertz CT molecular complexity index is 1300. The molecule has 0 saturated carbocycles. The molecule has 26 heavy (non-hydrogen) atoms. The van der Waals surface area contributed by atoms with E-state index in [2.05, 4.69) is 16.2 Å². The summed E-state index contributed by atoms with van der Waals surface area (Å²) in [4.78, 5) is 27.3. The standard InChI is InChI=1S/C18H13N5O2S/c1-2-26-18-21-23-16(22(18)11-6-4-3-5-7-11)13(10-19)15-12(17(23)25)8-9-14(24)20-15/h3-9H,2H2,1H3,(H,20,24). The molecule has 7 nitrogen and oxygen atoms in total. The van der Waals surface area contributed by atoms with E-state index in [1.54, 1.807) is 4.57 Å². The number of aromatic amines is 1. The molecule has 0 spiro atoms. The molecular weight excluding hydrogens is 350 g/mol. The maximum absolute atomic E-state index is 12.9. The fourth-order valence-electron chi connectivity index (χ4n) is 2.94. The molecule has 3 heterocycles. The summed E-state index contributed by atoms with van der Waals surface area (Å²) in [6.45, 7) is 1.99. The summed E-state index contributed by atoms with van der Waals surface area (Å²) >= 11 is 1.47. The molecule has 8 heteroatoms. The van der Waals surface area contributed by atoms with Crippen LogP contribution in [0.4, 0.5) is 0 Å². The molecule has 0 radical (unpaired) electrons. The van der Waals surface area contributed by atoms with Gasteiger partial charge in [0.2, 0.25) is 5.56 Å². The number of hydrogen-bond donors (Lipinski definition) is 1. The van der Waals surface area contributed by atoms with Gasteiger partial charge < -0.3 is 4.98 Å². The minimum absolute atomic E-state index is 0.205. The van der Waals surface area contributed by atoms with Crippen LogP contribution in [0.5, 0.6) is 0 Å². The van der Waals surface area contributed by atoms with Gasteiger partial charge in [-0.2, -0.15) is 9.78 Å². The second-order valence-electron chi connectivity index (χ2n) is 5.53. The Labute approximate surface area is 151 Å². The Balaban J connectivity index is 2.28. The van der Waals surface area contributed by atoms with Gasteiger partial charge in [0.15, 0.2) is 10.8 Å². The van der Waals surface area contributed by atoms with Crippen molar-refractivity contribution < 1.29 is 0 Å². The fraction of sp³-hybridized carbons (Fsp3) is 0.111. The number of para-hydroxylation sites is 1. The Morgan fingerprint density at radius 3 is 2.65 bits per heavy atom. The molecule has 3 aromatic heterocycles. The number of H-pyrrole nitrogens is 1. The second-order valence-corrected chi connectivity index (χ2v) is 6.76. The lowest BCUT2D eigenvalue weighted by Crippen LogP contribution is -2.19. The highest BCUT2D eigenvalue weighted by Crippen LogP contribution is 2.27. The van der Waals surface area contributed by atoms with E-state index in [4.69, 9.17) is 0 Å². The summed E-state index contributed by atoms with van der Waals surface area (Å²) in [5.74, 6) is 0.753. The van der Waals surface area contributed by atoms with Crippen molar-refractivity contribution in [3.05, 3.63) is 68.7 Å². The molecule has 0 saturated heterocycles. The van der Waals surface area contributed by atoms with Gasteiger partial charge in [-0.1, -0.05) is 36.9 Å². The number of benzene rings is 1. The molecule has 0 aliphatic rings. The minimum Gasteiger partial charge on any atom is -0.321 e. The van der Waals surface area contributed by atoms with E-state index in [1.165, 1.54) is 28.4 Å². The first-order chi connectivity index (χ1) is 12.7. The molecular formula is C18H13N5O2S. The SMILES string of the molecule is CCSc1nn2c(=O)c3ccc(=O)[nH]c3c(C#N)c2n1-c1ccccc1. The van der Waals surface area contributed by atoms with E-state index >= 15 is 0 Å². The number of thioether (sulfide) groups is 1. The van der Waals surface area contributed by atoms with Crippen LogP contribution in [-0.4, -0.2) is 24.9 Å². The highest BCUT2D eigenvalue weighted by atomic mass is 32.2. The number of nitrogens with zero attached hydrogens (tertiary/aromatic N) is 4. The van der Waals surface area contributed by atoms with Crippen LogP contribution in [0.3, 0.4) is 0 Å². The van der Waals surface area contributed by atoms with Gasteiger partial charge in [0.25, 0.3) is 5.56 Å². The van der Waals surface area contributed by atoms with E-state index in [1.807, 2.05) is 37.3 Å². The van der Waals surface area contributed by atoms with Crippen LogP contribution in [0.2, 0.25) is 0 Å². The average Bonchev–Trinajstić information content (AvgIpc) is 3.02. The van der Waals surface area contributed by atoms with Gasteiger partial charge in [-0.05, 0) is 24.0 Å². The van der Waals surface area contributed by atoms with Crippen LogP contribution in [0.1, 0.15) is 12.5 Å². The highest BCUT2D eigenvalue weighted by molar-refractivity contribution is 7.99. The summed E-state index contributed by atoms with van der Waals surface area (Å²) in [6, 6.07) is 14.2. The second kappa shape index (κ2) is 6.20. The van der Waals surface area contributed by atoms with Crippen molar-refractivity contribution in [2.45, 2.75) is 12.1 Å². The zero-order valence-electron chi connectivity index (χ0n) is 13.8. The van der Waals surface area contributed by atoms with Crippen molar-refractivity contribution in [1.82, 2.24) is 19.2 Å².